The maximum Gasteiger partial charge on any atom is 0.410 e. The summed E-state index contributed by atoms with van der Waals surface area (Å²) in [6, 6.07) is 9.70. The van der Waals surface area contributed by atoms with E-state index in [0.717, 1.165) is 18.4 Å². The predicted octanol–water partition coefficient (Wildman–Crippen LogP) is 2.31. The standard InChI is InChI=1S/C15H19NO3/c17-13-6-9-16(15(10-13)7-8-15)14(18)19-11-12-4-2-1-3-5-12/h1-5,13,17H,6-11H2. The van der Waals surface area contributed by atoms with E-state index in [9.17, 15) is 9.90 Å². The number of aliphatic hydroxyl groups is 1. The van der Waals surface area contributed by atoms with Gasteiger partial charge in [-0.25, -0.2) is 4.79 Å². The van der Waals surface area contributed by atoms with E-state index < -0.39 is 0 Å². The zero-order chi connectivity index (χ0) is 13.3. The first-order chi connectivity index (χ1) is 9.20. The van der Waals surface area contributed by atoms with Gasteiger partial charge in [0.25, 0.3) is 0 Å². The fourth-order valence-corrected chi connectivity index (χ4v) is 2.87. The molecular weight excluding hydrogens is 242 g/mol. The van der Waals surface area contributed by atoms with Crippen molar-refractivity contribution >= 4 is 6.09 Å². The molecule has 19 heavy (non-hydrogen) atoms. The van der Waals surface area contributed by atoms with Gasteiger partial charge in [-0.1, -0.05) is 30.3 Å². The number of hydrogen-bond acceptors (Lipinski definition) is 3. The molecule has 1 saturated heterocycles. The molecule has 2 fully saturated rings. The Morgan fingerprint density at radius 3 is 2.79 bits per heavy atom. The zero-order valence-corrected chi connectivity index (χ0v) is 10.9. The number of hydrogen-bond donors (Lipinski definition) is 1. The number of carbonyl (C=O) groups excluding carboxylic acids is 1. The lowest BCUT2D eigenvalue weighted by molar-refractivity contribution is 0.0177. The largest absolute Gasteiger partial charge is 0.445 e. The van der Waals surface area contributed by atoms with Gasteiger partial charge in [0.15, 0.2) is 0 Å². The Hall–Kier alpha value is -1.55. The molecule has 2 aliphatic rings. The van der Waals surface area contributed by atoms with Gasteiger partial charge in [0.1, 0.15) is 6.61 Å². The fourth-order valence-electron chi connectivity index (χ4n) is 2.87. The highest BCUT2D eigenvalue weighted by molar-refractivity contribution is 5.69. The van der Waals surface area contributed by atoms with Crippen molar-refractivity contribution in [2.75, 3.05) is 6.54 Å². The first-order valence-corrected chi connectivity index (χ1v) is 6.86. The number of rotatable bonds is 2. The van der Waals surface area contributed by atoms with Crippen LogP contribution in [0.15, 0.2) is 30.3 Å². The van der Waals surface area contributed by atoms with Gasteiger partial charge in [0.05, 0.1) is 6.10 Å². The molecule has 1 spiro atoms. The Bertz CT molecular complexity index is 456. The molecule has 1 aromatic rings. The van der Waals surface area contributed by atoms with Crippen LogP contribution < -0.4 is 0 Å². The van der Waals surface area contributed by atoms with Crippen molar-refractivity contribution in [3.05, 3.63) is 35.9 Å². The third kappa shape index (κ3) is 2.59. The lowest BCUT2D eigenvalue weighted by Crippen LogP contribution is -2.49. The number of amides is 1. The summed E-state index contributed by atoms with van der Waals surface area (Å²) in [5, 5.41) is 9.71. The van der Waals surface area contributed by atoms with Gasteiger partial charge < -0.3 is 14.7 Å². The lowest BCUT2D eigenvalue weighted by Gasteiger charge is -2.37. The summed E-state index contributed by atoms with van der Waals surface area (Å²) in [5.74, 6) is 0. The van der Waals surface area contributed by atoms with E-state index in [0.29, 0.717) is 26.0 Å². The molecule has 4 nitrogen and oxygen atoms in total. The first-order valence-electron chi connectivity index (χ1n) is 6.86. The molecule has 1 saturated carbocycles. The number of benzene rings is 1. The van der Waals surface area contributed by atoms with E-state index in [1.54, 1.807) is 0 Å². The van der Waals surface area contributed by atoms with Gasteiger partial charge in [-0.05, 0) is 31.2 Å². The Labute approximate surface area is 113 Å². The molecule has 3 rings (SSSR count). The maximum atomic E-state index is 12.2. The number of carbonyl (C=O) groups is 1. The Kier molecular flexibility index (Phi) is 3.19. The minimum absolute atomic E-state index is 0.106. The average molecular weight is 261 g/mol. The molecular formula is C15H19NO3. The predicted molar refractivity (Wildman–Crippen MR) is 70.5 cm³/mol. The molecule has 1 N–H and O–H groups in total. The van der Waals surface area contributed by atoms with Gasteiger partial charge in [-0.2, -0.15) is 0 Å². The van der Waals surface area contributed by atoms with Gasteiger partial charge >= 0.3 is 6.09 Å². The third-order valence-corrected chi connectivity index (χ3v) is 4.13. The van der Waals surface area contributed by atoms with E-state index in [4.69, 9.17) is 4.74 Å². The lowest BCUT2D eigenvalue weighted by atomic mass is 9.98. The van der Waals surface area contributed by atoms with Gasteiger partial charge in [0.2, 0.25) is 0 Å². The van der Waals surface area contributed by atoms with Crippen molar-refractivity contribution < 1.29 is 14.6 Å². The van der Waals surface area contributed by atoms with Crippen molar-refractivity contribution in [2.24, 2.45) is 0 Å². The summed E-state index contributed by atoms with van der Waals surface area (Å²) in [5.41, 5.74) is 0.892. The number of nitrogens with zero attached hydrogens (tertiary/aromatic N) is 1. The quantitative estimate of drug-likeness (QED) is 0.888. The number of ether oxygens (including phenoxy) is 1. The monoisotopic (exact) mass is 261 g/mol. The van der Waals surface area contributed by atoms with E-state index in [1.807, 2.05) is 35.2 Å². The van der Waals surface area contributed by atoms with Crippen LogP contribution in [0, 0.1) is 0 Å². The van der Waals surface area contributed by atoms with Crippen LogP contribution >= 0.6 is 0 Å². The highest BCUT2D eigenvalue weighted by Crippen LogP contribution is 2.48. The van der Waals surface area contributed by atoms with E-state index in [-0.39, 0.29) is 17.7 Å². The first kappa shape index (κ1) is 12.5. The van der Waals surface area contributed by atoms with Crippen LogP contribution in [0.3, 0.4) is 0 Å². The van der Waals surface area contributed by atoms with E-state index in [1.165, 1.54) is 0 Å². The van der Waals surface area contributed by atoms with Gasteiger partial charge in [-0.3, -0.25) is 0 Å². The Balaban J connectivity index is 1.59. The molecule has 1 aromatic carbocycles. The summed E-state index contributed by atoms with van der Waals surface area (Å²) in [7, 11) is 0. The van der Waals surface area contributed by atoms with Gasteiger partial charge in [-0.15, -0.1) is 0 Å². The highest BCUT2D eigenvalue weighted by atomic mass is 16.6. The molecule has 4 heteroatoms. The summed E-state index contributed by atoms with van der Waals surface area (Å²) in [6.45, 7) is 0.920. The van der Waals surface area contributed by atoms with Crippen LogP contribution in [0.1, 0.15) is 31.2 Å². The van der Waals surface area contributed by atoms with Crippen molar-refractivity contribution in [1.82, 2.24) is 4.90 Å². The molecule has 1 aliphatic heterocycles. The second-order valence-corrected chi connectivity index (χ2v) is 5.56. The van der Waals surface area contributed by atoms with Crippen molar-refractivity contribution in [1.29, 1.82) is 0 Å². The van der Waals surface area contributed by atoms with Crippen molar-refractivity contribution in [3.8, 4) is 0 Å². The van der Waals surface area contributed by atoms with Crippen LogP contribution in [0.2, 0.25) is 0 Å². The number of aliphatic hydroxyl groups excluding tert-OH is 1. The maximum absolute atomic E-state index is 12.2. The fraction of sp³-hybridized carbons (Fsp3) is 0.533. The molecule has 1 atom stereocenters. The second kappa shape index (κ2) is 4.85. The zero-order valence-electron chi connectivity index (χ0n) is 10.9. The minimum Gasteiger partial charge on any atom is -0.445 e. The topological polar surface area (TPSA) is 49.8 Å². The smallest absolute Gasteiger partial charge is 0.410 e. The summed E-state index contributed by atoms with van der Waals surface area (Å²) >= 11 is 0. The van der Waals surface area contributed by atoms with E-state index in [2.05, 4.69) is 0 Å². The molecule has 1 unspecified atom stereocenters. The average Bonchev–Trinajstić information content (AvgIpc) is 3.17. The highest BCUT2D eigenvalue weighted by Gasteiger charge is 2.53. The Morgan fingerprint density at radius 1 is 1.37 bits per heavy atom. The third-order valence-electron chi connectivity index (χ3n) is 4.13. The summed E-state index contributed by atoms with van der Waals surface area (Å²) < 4.78 is 5.38. The minimum atomic E-state index is -0.263. The summed E-state index contributed by atoms with van der Waals surface area (Å²) in [6.07, 6.45) is 2.83. The second-order valence-electron chi connectivity index (χ2n) is 5.56. The Morgan fingerprint density at radius 2 is 2.11 bits per heavy atom. The molecule has 0 aromatic heterocycles. The van der Waals surface area contributed by atoms with Crippen LogP contribution in [-0.2, 0) is 11.3 Å². The van der Waals surface area contributed by atoms with E-state index >= 15 is 0 Å². The van der Waals surface area contributed by atoms with Crippen molar-refractivity contribution in [3.63, 3.8) is 0 Å². The van der Waals surface area contributed by atoms with Crippen LogP contribution in [0.25, 0.3) is 0 Å². The van der Waals surface area contributed by atoms with Crippen molar-refractivity contribution in [2.45, 2.75) is 43.9 Å². The number of piperidine rings is 1. The van der Waals surface area contributed by atoms with Crippen LogP contribution in [0.5, 0.6) is 0 Å². The molecule has 1 aliphatic carbocycles. The molecule has 0 bridgehead atoms. The SMILES string of the molecule is O=C(OCc1ccccc1)N1CCC(O)CC12CC2. The molecule has 0 radical (unpaired) electrons. The molecule has 102 valence electrons. The molecule has 1 amide bonds. The number of likely N-dealkylation sites (tertiary alicyclic amines) is 1. The summed E-state index contributed by atoms with van der Waals surface area (Å²) in [4.78, 5) is 14.0. The van der Waals surface area contributed by atoms with Crippen LogP contribution in [0.4, 0.5) is 4.79 Å². The van der Waals surface area contributed by atoms with Crippen LogP contribution in [-0.4, -0.2) is 34.3 Å². The normalized spacial score (nSPS) is 24.3. The van der Waals surface area contributed by atoms with Gasteiger partial charge in [0, 0.05) is 12.1 Å². The molecule has 1 heterocycles.